The van der Waals surface area contributed by atoms with Crippen molar-refractivity contribution in [2.45, 2.75) is 6.92 Å². The molecule has 0 saturated carbocycles. The average Bonchev–Trinajstić information content (AvgIpc) is 2.33. The number of aryl methyl sites for hydroxylation is 1. The smallest absolute Gasteiger partial charge is 0.194 e. The van der Waals surface area contributed by atoms with E-state index in [4.69, 9.17) is 23.2 Å². The number of hydrogen-bond donors (Lipinski definition) is 0. The van der Waals surface area contributed by atoms with E-state index in [9.17, 15) is 4.79 Å². The Labute approximate surface area is 109 Å². The van der Waals surface area contributed by atoms with E-state index in [-0.39, 0.29) is 5.78 Å². The molecule has 0 N–H and O–H groups in total. The second-order valence-corrected chi connectivity index (χ2v) is 4.46. The summed E-state index contributed by atoms with van der Waals surface area (Å²) in [5, 5.41) is 0.946. The number of ketones is 1. The number of carbonyl (C=O) groups excluding carboxylic acids is 1. The zero-order valence-electron chi connectivity index (χ0n) is 9.08. The molecule has 0 saturated heterocycles. The van der Waals surface area contributed by atoms with Crippen molar-refractivity contribution in [2.75, 3.05) is 0 Å². The number of benzene rings is 1. The van der Waals surface area contributed by atoms with E-state index in [0.717, 1.165) is 5.56 Å². The summed E-state index contributed by atoms with van der Waals surface area (Å²) in [6.07, 6.45) is 1.46. The maximum atomic E-state index is 12.1. The molecule has 0 amide bonds. The fourth-order valence-corrected chi connectivity index (χ4v) is 1.70. The third-order valence-corrected chi connectivity index (χ3v) is 3.05. The van der Waals surface area contributed by atoms with Crippen molar-refractivity contribution in [1.29, 1.82) is 0 Å². The molecule has 1 aromatic carbocycles. The van der Waals surface area contributed by atoms with Crippen molar-refractivity contribution in [3.63, 3.8) is 0 Å². The van der Waals surface area contributed by atoms with Crippen LogP contribution in [0, 0.1) is 6.92 Å². The van der Waals surface area contributed by atoms with Crippen LogP contribution in [-0.2, 0) is 0 Å². The Balaban J connectivity index is 2.37. The predicted octanol–water partition coefficient (Wildman–Crippen LogP) is 3.93. The number of carbonyl (C=O) groups is 1. The first-order chi connectivity index (χ1) is 8.08. The first-order valence-electron chi connectivity index (χ1n) is 5.00. The molecule has 0 fully saturated rings. The summed E-state index contributed by atoms with van der Waals surface area (Å²) in [6, 6.07) is 8.46. The number of pyridine rings is 1. The second kappa shape index (κ2) is 4.86. The molecule has 0 spiro atoms. The Morgan fingerprint density at radius 2 is 1.82 bits per heavy atom. The van der Waals surface area contributed by atoms with Crippen LogP contribution in [0.4, 0.5) is 0 Å². The van der Waals surface area contributed by atoms with Crippen LogP contribution in [0.1, 0.15) is 21.5 Å². The average molecular weight is 266 g/mol. The Kier molecular flexibility index (Phi) is 3.46. The van der Waals surface area contributed by atoms with Crippen LogP contribution >= 0.6 is 23.2 Å². The summed E-state index contributed by atoms with van der Waals surface area (Å²) >= 11 is 11.6. The molecule has 0 aliphatic rings. The molecule has 1 heterocycles. The standard InChI is InChI=1S/C13H9Cl2NO/c1-8-2-3-9(6-11(8)14)13(17)10-4-5-12(15)16-7-10/h2-7H,1H3. The monoisotopic (exact) mass is 265 g/mol. The highest BCUT2D eigenvalue weighted by atomic mass is 35.5. The SMILES string of the molecule is Cc1ccc(C(=O)c2ccc(Cl)nc2)cc1Cl. The summed E-state index contributed by atoms with van der Waals surface area (Å²) in [4.78, 5) is 16.0. The minimum atomic E-state index is -0.115. The van der Waals surface area contributed by atoms with E-state index in [1.165, 1.54) is 6.20 Å². The molecule has 0 unspecified atom stereocenters. The van der Waals surface area contributed by atoms with E-state index in [1.807, 2.05) is 13.0 Å². The van der Waals surface area contributed by atoms with Crippen molar-refractivity contribution < 1.29 is 4.79 Å². The van der Waals surface area contributed by atoms with Gasteiger partial charge in [0.2, 0.25) is 0 Å². The van der Waals surface area contributed by atoms with Gasteiger partial charge < -0.3 is 0 Å². The third kappa shape index (κ3) is 2.65. The number of nitrogens with zero attached hydrogens (tertiary/aromatic N) is 1. The van der Waals surface area contributed by atoms with Gasteiger partial charge in [0.15, 0.2) is 5.78 Å². The van der Waals surface area contributed by atoms with Crippen molar-refractivity contribution in [3.05, 3.63) is 63.4 Å². The van der Waals surface area contributed by atoms with Gasteiger partial charge in [-0.05, 0) is 30.7 Å². The van der Waals surface area contributed by atoms with Crippen molar-refractivity contribution in [1.82, 2.24) is 4.98 Å². The topological polar surface area (TPSA) is 30.0 Å². The maximum absolute atomic E-state index is 12.1. The molecule has 0 aliphatic carbocycles. The summed E-state index contributed by atoms with van der Waals surface area (Å²) < 4.78 is 0. The van der Waals surface area contributed by atoms with E-state index >= 15 is 0 Å². The molecule has 1 aromatic heterocycles. The quantitative estimate of drug-likeness (QED) is 0.609. The molecule has 2 rings (SSSR count). The lowest BCUT2D eigenvalue weighted by Gasteiger charge is -2.03. The van der Waals surface area contributed by atoms with Gasteiger partial charge in [0.25, 0.3) is 0 Å². The van der Waals surface area contributed by atoms with Crippen LogP contribution in [0.3, 0.4) is 0 Å². The van der Waals surface area contributed by atoms with Crippen molar-refractivity contribution >= 4 is 29.0 Å². The molecule has 0 bridgehead atoms. The Morgan fingerprint density at radius 3 is 2.41 bits per heavy atom. The minimum Gasteiger partial charge on any atom is -0.289 e. The largest absolute Gasteiger partial charge is 0.289 e. The molecule has 2 aromatic rings. The van der Waals surface area contributed by atoms with Gasteiger partial charge in [-0.15, -0.1) is 0 Å². The Bertz CT molecular complexity index is 564. The zero-order chi connectivity index (χ0) is 12.4. The lowest BCUT2D eigenvalue weighted by molar-refractivity contribution is 0.103. The molecule has 17 heavy (non-hydrogen) atoms. The molecule has 0 atom stereocenters. The number of halogens is 2. The highest BCUT2D eigenvalue weighted by Crippen LogP contribution is 2.19. The maximum Gasteiger partial charge on any atom is 0.194 e. The third-order valence-electron chi connectivity index (χ3n) is 2.42. The van der Waals surface area contributed by atoms with Crippen LogP contribution in [-0.4, -0.2) is 10.8 Å². The molecular formula is C13H9Cl2NO. The fourth-order valence-electron chi connectivity index (χ4n) is 1.41. The van der Waals surface area contributed by atoms with E-state index in [1.54, 1.807) is 24.3 Å². The van der Waals surface area contributed by atoms with Gasteiger partial charge in [0.1, 0.15) is 5.15 Å². The van der Waals surface area contributed by atoms with Crippen LogP contribution in [0.5, 0.6) is 0 Å². The normalized spacial score (nSPS) is 10.3. The van der Waals surface area contributed by atoms with Gasteiger partial charge in [-0.25, -0.2) is 4.98 Å². The van der Waals surface area contributed by atoms with Gasteiger partial charge in [-0.1, -0.05) is 35.3 Å². The van der Waals surface area contributed by atoms with Crippen LogP contribution < -0.4 is 0 Å². The minimum absolute atomic E-state index is 0.115. The Hall–Kier alpha value is -1.38. The van der Waals surface area contributed by atoms with Gasteiger partial charge in [-0.3, -0.25) is 4.79 Å². The van der Waals surface area contributed by atoms with Crippen molar-refractivity contribution in [3.8, 4) is 0 Å². The van der Waals surface area contributed by atoms with Gasteiger partial charge in [0.05, 0.1) is 0 Å². The van der Waals surface area contributed by atoms with E-state index in [0.29, 0.717) is 21.3 Å². The second-order valence-electron chi connectivity index (χ2n) is 3.66. The molecule has 2 nitrogen and oxygen atoms in total. The highest BCUT2D eigenvalue weighted by molar-refractivity contribution is 6.32. The molecule has 0 radical (unpaired) electrons. The number of rotatable bonds is 2. The lowest BCUT2D eigenvalue weighted by atomic mass is 10.0. The Morgan fingerprint density at radius 1 is 1.12 bits per heavy atom. The zero-order valence-corrected chi connectivity index (χ0v) is 10.6. The van der Waals surface area contributed by atoms with Gasteiger partial charge in [0, 0.05) is 22.3 Å². The van der Waals surface area contributed by atoms with Gasteiger partial charge in [-0.2, -0.15) is 0 Å². The molecule has 86 valence electrons. The van der Waals surface area contributed by atoms with Gasteiger partial charge >= 0.3 is 0 Å². The highest BCUT2D eigenvalue weighted by Gasteiger charge is 2.10. The van der Waals surface area contributed by atoms with Crippen LogP contribution in [0.15, 0.2) is 36.5 Å². The van der Waals surface area contributed by atoms with E-state index in [2.05, 4.69) is 4.98 Å². The summed E-state index contributed by atoms with van der Waals surface area (Å²) in [5.74, 6) is -0.115. The number of hydrogen-bond acceptors (Lipinski definition) is 2. The summed E-state index contributed by atoms with van der Waals surface area (Å²) in [6.45, 7) is 1.89. The fraction of sp³-hybridized carbons (Fsp3) is 0.0769. The molecule has 4 heteroatoms. The van der Waals surface area contributed by atoms with Crippen LogP contribution in [0.2, 0.25) is 10.2 Å². The summed E-state index contributed by atoms with van der Waals surface area (Å²) in [7, 11) is 0. The first-order valence-corrected chi connectivity index (χ1v) is 5.76. The molecular weight excluding hydrogens is 257 g/mol. The first kappa shape index (κ1) is 12.1. The number of aromatic nitrogens is 1. The predicted molar refractivity (Wildman–Crippen MR) is 68.9 cm³/mol. The molecule has 0 aliphatic heterocycles. The van der Waals surface area contributed by atoms with E-state index < -0.39 is 0 Å². The lowest BCUT2D eigenvalue weighted by Crippen LogP contribution is -2.01. The van der Waals surface area contributed by atoms with Crippen LogP contribution in [0.25, 0.3) is 0 Å². The van der Waals surface area contributed by atoms with Crippen molar-refractivity contribution in [2.24, 2.45) is 0 Å². The summed E-state index contributed by atoms with van der Waals surface area (Å²) in [5.41, 5.74) is 1.98.